The van der Waals surface area contributed by atoms with Crippen molar-refractivity contribution in [2.75, 3.05) is 13.1 Å². The summed E-state index contributed by atoms with van der Waals surface area (Å²) >= 11 is 0. The molecule has 0 amide bonds. The average molecular weight is 414 g/mol. The molecular weight excluding hydrogens is 391 g/mol. The monoisotopic (exact) mass is 414 g/mol. The van der Waals surface area contributed by atoms with E-state index in [1.54, 1.807) is 12.1 Å². The van der Waals surface area contributed by atoms with E-state index in [1.807, 2.05) is 4.68 Å². The minimum absolute atomic E-state index is 0.233. The fourth-order valence-corrected chi connectivity index (χ4v) is 4.84. The Kier molecular flexibility index (Phi) is 4.42. The Balaban J connectivity index is 1.40. The number of nitrogens with one attached hydrogen (secondary N) is 1. The number of benzene rings is 2. The molecule has 0 atom stereocenters. The van der Waals surface area contributed by atoms with Crippen LogP contribution in [-0.4, -0.2) is 37.9 Å². The van der Waals surface area contributed by atoms with Crippen molar-refractivity contribution in [2.45, 2.75) is 25.8 Å². The first-order valence-corrected chi connectivity index (χ1v) is 10.8. The minimum atomic E-state index is -0.233. The molecule has 6 rings (SSSR count). The van der Waals surface area contributed by atoms with Gasteiger partial charge in [-0.3, -0.25) is 0 Å². The third-order valence-electron chi connectivity index (χ3n) is 6.47. The lowest BCUT2D eigenvalue weighted by molar-refractivity contribution is 0.372. The first-order valence-electron chi connectivity index (χ1n) is 10.8. The van der Waals surface area contributed by atoms with E-state index in [4.69, 9.17) is 0 Å². The molecule has 0 unspecified atom stereocenters. The molecule has 0 saturated carbocycles. The summed E-state index contributed by atoms with van der Waals surface area (Å²) in [5.41, 5.74) is 6.57. The van der Waals surface area contributed by atoms with E-state index < -0.39 is 0 Å². The number of hydrogen-bond acceptors (Lipinski definition) is 4. The molecule has 2 aromatic carbocycles. The zero-order chi connectivity index (χ0) is 20.8. The summed E-state index contributed by atoms with van der Waals surface area (Å²) in [6.07, 6.45) is 5.68. The smallest absolute Gasteiger partial charge is 0.203 e. The van der Waals surface area contributed by atoms with Crippen molar-refractivity contribution in [2.24, 2.45) is 5.92 Å². The van der Waals surface area contributed by atoms with Gasteiger partial charge in [-0.1, -0.05) is 24.3 Å². The van der Waals surface area contributed by atoms with Crippen LogP contribution in [0.3, 0.4) is 0 Å². The van der Waals surface area contributed by atoms with Gasteiger partial charge >= 0.3 is 0 Å². The topological polar surface area (TPSA) is 60.6 Å². The van der Waals surface area contributed by atoms with Crippen LogP contribution in [0, 0.1) is 11.7 Å². The maximum atomic E-state index is 13.4. The lowest BCUT2D eigenvalue weighted by atomic mass is 9.90. The van der Waals surface area contributed by atoms with Crippen LogP contribution in [0.1, 0.15) is 24.0 Å². The van der Waals surface area contributed by atoms with Crippen molar-refractivity contribution in [3.63, 3.8) is 0 Å². The van der Waals surface area contributed by atoms with Gasteiger partial charge in [0, 0.05) is 18.3 Å². The Morgan fingerprint density at radius 1 is 1.00 bits per heavy atom. The maximum absolute atomic E-state index is 13.4. The van der Waals surface area contributed by atoms with Gasteiger partial charge in [0.2, 0.25) is 5.82 Å². The van der Waals surface area contributed by atoms with E-state index in [0.717, 1.165) is 60.3 Å². The quantitative estimate of drug-likeness (QED) is 0.487. The van der Waals surface area contributed by atoms with Crippen LogP contribution in [0.5, 0.6) is 0 Å². The molecule has 0 bridgehead atoms. The van der Waals surface area contributed by atoms with Gasteiger partial charge in [-0.2, -0.15) is 4.68 Å². The molecule has 4 heterocycles. The third kappa shape index (κ3) is 3.35. The number of rotatable bonds is 3. The first kappa shape index (κ1) is 18.4. The highest BCUT2D eigenvalue weighted by Gasteiger charge is 2.24. The number of aromatic nitrogens is 5. The fourth-order valence-electron chi connectivity index (χ4n) is 4.84. The van der Waals surface area contributed by atoms with Crippen molar-refractivity contribution in [1.82, 2.24) is 30.1 Å². The molecule has 0 radical (unpaired) electrons. The SMILES string of the molecule is Fc1ccc(-c2cc3n(c2)Cc2cc(CC4CCNCC4)ccc2-n2nnnc2-3)cc1. The minimum Gasteiger partial charge on any atom is -0.340 e. The summed E-state index contributed by atoms with van der Waals surface area (Å²) in [4.78, 5) is 0. The zero-order valence-electron chi connectivity index (χ0n) is 17.1. The second-order valence-electron chi connectivity index (χ2n) is 8.52. The van der Waals surface area contributed by atoms with Gasteiger partial charge in [0.1, 0.15) is 5.82 Å². The summed E-state index contributed by atoms with van der Waals surface area (Å²) in [7, 11) is 0. The van der Waals surface area contributed by atoms with Crippen LogP contribution in [0.25, 0.3) is 28.3 Å². The van der Waals surface area contributed by atoms with E-state index in [2.05, 4.69) is 55.9 Å². The van der Waals surface area contributed by atoms with Gasteiger partial charge in [-0.05, 0) is 89.7 Å². The van der Waals surface area contributed by atoms with Gasteiger partial charge in [-0.25, -0.2) is 4.39 Å². The van der Waals surface area contributed by atoms with Crippen molar-refractivity contribution in [3.05, 3.63) is 71.7 Å². The van der Waals surface area contributed by atoms with Crippen molar-refractivity contribution < 1.29 is 4.39 Å². The highest BCUT2D eigenvalue weighted by molar-refractivity contribution is 5.71. The van der Waals surface area contributed by atoms with Crippen LogP contribution >= 0.6 is 0 Å². The molecule has 7 heteroatoms. The second-order valence-corrected chi connectivity index (χ2v) is 8.52. The summed E-state index contributed by atoms with van der Waals surface area (Å²) in [5, 5.41) is 16.0. The predicted molar refractivity (Wildman–Crippen MR) is 116 cm³/mol. The van der Waals surface area contributed by atoms with Crippen LogP contribution in [0.2, 0.25) is 0 Å². The Bertz CT molecular complexity index is 1230. The lowest BCUT2D eigenvalue weighted by Gasteiger charge is -2.23. The maximum Gasteiger partial charge on any atom is 0.203 e. The van der Waals surface area contributed by atoms with E-state index in [-0.39, 0.29) is 5.82 Å². The van der Waals surface area contributed by atoms with Crippen LogP contribution in [0.4, 0.5) is 4.39 Å². The number of tetrazole rings is 1. The highest BCUT2D eigenvalue weighted by Crippen LogP contribution is 2.33. The van der Waals surface area contributed by atoms with Crippen molar-refractivity contribution in [1.29, 1.82) is 0 Å². The molecule has 31 heavy (non-hydrogen) atoms. The number of hydrogen-bond donors (Lipinski definition) is 1. The molecule has 1 saturated heterocycles. The Hall–Kier alpha value is -3.32. The molecule has 156 valence electrons. The first-order chi connectivity index (χ1) is 15.2. The van der Waals surface area contributed by atoms with Gasteiger partial charge in [-0.15, -0.1) is 5.10 Å². The van der Waals surface area contributed by atoms with Crippen LogP contribution in [0.15, 0.2) is 54.7 Å². The van der Waals surface area contributed by atoms with Gasteiger partial charge < -0.3 is 9.88 Å². The summed E-state index contributed by atoms with van der Waals surface area (Å²) in [6, 6.07) is 15.4. The third-order valence-corrected chi connectivity index (χ3v) is 6.47. The largest absolute Gasteiger partial charge is 0.340 e. The average Bonchev–Trinajstić information content (AvgIpc) is 3.40. The van der Waals surface area contributed by atoms with Gasteiger partial charge in [0.15, 0.2) is 0 Å². The van der Waals surface area contributed by atoms with E-state index in [1.165, 1.54) is 36.1 Å². The van der Waals surface area contributed by atoms with Crippen LogP contribution < -0.4 is 5.32 Å². The molecule has 2 aliphatic heterocycles. The number of halogens is 1. The molecule has 0 spiro atoms. The molecule has 1 fully saturated rings. The van der Waals surface area contributed by atoms with Gasteiger partial charge in [0.25, 0.3) is 0 Å². The predicted octanol–water partition coefficient (Wildman–Crippen LogP) is 3.84. The highest BCUT2D eigenvalue weighted by atomic mass is 19.1. The summed E-state index contributed by atoms with van der Waals surface area (Å²) < 4.78 is 17.4. The number of nitrogens with zero attached hydrogens (tertiary/aromatic N) is 5. The fraction of sp³-hybridized carbons (Fsp3) is 0.292. The van der Waals surface area contributed by atoms with E-state index >= 15 is 0 Å². The summed E-state index contributed by atoms with van der Waals surface area (Å²) in [5.74, 6) is 1.22. The van der Waals surface area contributed by atoms with Crippen molar-refractivity contribution >= 4 is 0 Å². The van der Waals surface area contributed by atoms with Crippen molar-refractivity contribution in [3.8, 4) is 28.3 Å². The second kappa shape index (κ2) is 7.42. The molecule has 4 aromatic rings. The lowest BCUT2D eigenvalue weighted by Crippen LogP contribution is -2.28. The summed E-state index contributed by atoms with van der Waals surface area (Å²) in [6.45, 7) is 2.96. The normalized spacial score (nSPS) is 15.8. The van der Waals surface area contributed by atoms with E-state index in [0.29, 0.717) is 0 Å². The Morgan fingerprint density at radius 2 is 1.84 bits per heavy atom. The molecule has 6 nitrogen and oxygen atoms in total. The van der Waals surface area contributed by atoms with Gasteiger partial charge in [0.05, 0.1) is 11.4 Å². The Labute approximate surface area is 179 Å². The van der Waals surface area contributed by atoms with E-state index in [9.17, 15) is 4.39 Å². The molecular formula is C24H23FN6. The molecule has 2 aromatic heterocycles. The number of piperidine rings is 1. The molecule has 0 aliphatic carbocycles. The zero-order valence-corrected chi connectivity index (χ0v) is 17.1. The Morgan fingerprint density at radius 3 is 2.68 bits per heavy atom. The van der Waals surface area contributed by atoms with Crippen LogP contribution in [-0.2, 0) is 13.0 Å². The molecule has 1 N–H and O–H groups in total. The number of fused-ring (bicyclic) bond motifs is 5. The standard InChI is InChI=1S/C24H23FN6/c25-21-4-2-18(3-5-21)19-13-23-24-27-28-29-31(24)22-6-1-17(11-16-7-9-26-10-8-16)12-20(22)15-30(23)14-19/h1-6,12-14,16,26H,7-11,15H2. The molecule has 2 aliphatic rings.